The van der Waals surface area contributed by atoms with E-state index in [1.54, 1.807) is 26.8 Å². The van der Waals surface area contributed by atoms with Crippen LogP contribution in [0.5, 0.6) is 0 Å². The molecule has 0 bridgehead atoms. The first kappa shape index (κ1) is 29.4. The maximum atomic E-state index is 13.7. The fourth-order valence-corrected chi connectivity index (χ4v) is 3.86. The standard InChI is InChI=1S/C28H38N4O5/c1-17-12-13-18(2)20(16-17)24(25(34)30-21-11-9-8-10-19(21)3)32(7)26(35)22(14-15-23(29)33)31-27(36)37-28(4,5)6/h8-13,16,22,24H,14-15H2,1-7H3,(H2,29,33)(H,30,34)(H,31,36). The van der Waals surface area contributed by atoms with Crippen molar-refractivity contribution < 1.29 is 23.9 Å². The molecule has 0 fully saturated rings. The molecule has 9 nitrogen and oxygen atoms in total. The molecule has 37 heavy (non-hydrogen) atoms. The van der Waals surface area contributed by atoms with Gasteiger partial charge >= 0.3 is 6.09 Å². The number of ether oxygens (including phenoxy) is 1. The van der Waals surface area contributed by atoms with Crippen LogP contribution in [0.25, 0.3) is 0 Å². The largest absolute Gasteiger partial charge is 0.444 e. The summed E-state index contributed by atoms with van der Waals surface area (Å²) in [5.74, 6) is -1.59. The Morgan fingerprint density at radius 1 is 1.00 bits per heavy atom. The first-order chi connectivity index (χ1) is 17.2. The maximum Gasteiger partial charge on any atom is 0.408 e. The van der Waals surface area contributed by atoms with Crippen molar-refractivity contribution in [1.29, 1.82) is 0 Å². The van der Waals surface area contributed by atoms with E-state index in [1.165, 1.54) is 11.9 Å². The smallest absolute Gasteiger partial charge is 0.408 e. The Bertz CT molecular complexity index is 1160. The van der Waals surface area contributed by atoms with Crippen LogP contribution in [0.4, 0.5) is 10.5 Å². The molecule has 2 aromatic rings. The first-order valence-electron chi connectivity index (χ1n) is 12.2. The van der Waals surface area contributed by atoms with Gasteiger partial charge in [0.2, 0.25) is 11.8 Å². The highest BCUT2D eigenvalue weighted by Gasteiger charge is 2.35. The van der Waals surface area contributed by atoms with E-state index in [0.717, 1.165) is 16.7 Å². The summed E-state index contributed by atoms with van der Waals surface area (Å²) in [4.78, 5) is 52.7. The highest BCUT2D eigenvalue weighted by atomic mass is 16.6. The van der Waals surface area contributed by atoms with E-state index >= 15 is 0 Å². The molecule has 4 N–H and O–H groups in total. The van der Waals surface area contributed by atoms with Gasteiger partial charge in [0.1, 0.15) is 17.7 Å². The number of likely N-dealkylation sites (N-methyl/N-ethyl adjacent to an activating group) is 1. The van der Waals surface area contributed by atoms with Gasteiger partial charge in [-0.3, -0.25) is 14.4 Å². The molecule has 2 aromatic carbocycles. The number of rotatable bonds is 9. The number of aryl methyl sites for hydroxylation is 3. The van der Waals surface area contributed by atoms with Crippen LogP contribution in [-0.2, 0) is 19.1 Å². The van der Waals surface area contributed by atoms with E-state index in [0.29, 0.717) is 11.3 Å². The summed E-state index contributed by atoms with van der Waals surface area (Å²) in [6, 6.07) is 10.9. The lowest BCUT2D eigenvalue weighted by molar-refractivity contribution is -0.139. The Kier molecular flexibility index (Phi) is 9.82. The van der Waals surface area contributed by atoms with Crippen molar-refractivity contribution in [3.63, 3.8) is 0 Å². The number of nitrogens with two attached hydrogens (primary N) is 1. The molecule has 2 atom stereocenters. The van der Waals surface area contributed by atoms with Gasteiger partial charge in [-0.05, 0) is 70.7 Å². The Morgan fingerprint density at radius 3 is 2.24 bits per heavy atom. The van der Waals surface area contributed by atoms with Crippen molar-refractivity contribution in [2.75, 3.05) is 12.4 Å². The third kappa shape index (κ3) is 8.63. The third-order valence-corrected chi connectivity index (χ3v) is 5.78. The molecule has 9 heteroatoms. The van der Waals surface area contributed by atoms with Crippen LogP contribution in [0.1, 0.15) is 61.9 Å². The number of carbonyl (C=O) groups is 4. The zero-order valence-electron chi connectivity index (χ0n) is 22.7. The van der Waals surface area contributed by atoms with Crippen molar-refractivity contribution in [2.24, 2.45) is 5.73 Å². The summed E-state index contributed by atoms with van der Waals surface area (Å²) >= 11 is 0. The van der Waals surface area contributed by atoms with Crippen LogP contribution in [0.15, 0.2) is 42.5 Å². The lowest BCUT2D eigenvalue weighted by atomic mass is 9.96. The molecular weight excluding hydrogens is 472 g/mol. The topological polar surface area (TPSA) is 131 Å². The van der Waals surface area contributed by atoms with Gasteiger partial charge in [0, 0.05) is 19.2 Å². The summed E-state index contributed by atoms with van der Waals surface area (Å²) in [6.45, 7) is 10.7. The highest BCUT2D eigenvalue weighted by molar-refractivity contribution is 5.99. The average molecular weight is 511 g/mol. The number of primary amides is 1. The molecule has 0 radical (unpaired) electrons. The van der Waals surface area contributed by atoms with Crippen LogP contribution in [0.2, 0.25) is 0 Å². The molecule has 0 aliphatic carbocycles. The minimum atomic E-state index is -1.13. The zero-order chi connectivity index (χ0) is 27.9. The monoisotopic (exact) mass is 510 g/mol. The molecule has 0 spiro atoms. The molecule has 0 aromatic heterocycles. The van der Waals surface area contributed by atoms with Crippen LogP contribution in [-0.4, -0.2) is 47.4 Å². The van der Waals surface area contributed by atoms with Gasteiger partial charge in [-0.1, -0.05) is 42.0 Å². The number of para-hydroxylation sites is 1. The summed E-state index contributed by atoms with van der Waals surface area (Å²) in [5.41, 5.74) is 8.41. The number of hydrogen-bond acceptors (Lipinski definition) is 5. The van der Waals surface area contributed by atoms with Crippen LogP contribution in [0.3, 0.4) is 0 Å². The van der Waals surface area contributed by atoms with Gasteiger partial charge in [-0.2, -0.15) is 0 Å². The van der Waals surface area contributed by atoms with E-state index in [1.807, 2.05) is 57.2 Å². The molecule has 0 heterocycles. The third-order valence-electron chi connectivity index (χ3n) is 5.78. The van der Waals surface area contributed by atoms with Gasteiger partial charge in [0.25, 0.3) is 5.91 Å². The second kappa shape index (κ2) is 12.4. The molecule has 0 aliphatic heterocycles. The molecule has 0 saturated heterocycles. The number of anilines is 1. The molecule has 2 unspecified atom stereocenters. The number of nitrogens with zero attached hydrogens (tertiary/aromatic N) is 1. The fraction of sp³-hybridized carbons (Fsp3) is 0.429. The van der Waals surface area contributed by atoms with Crippen LogP contribution in [0, 0.1) is 20.8 Å². The Morgan fingerprint density at radius 2 is 1.65 bits per heavy atom. The van der Waals surface area contributed by atoms with Gasteiger partial charge in [0.15, 0.2) is 0 Å². The number of carbonyl (C=O) groups excluding carboxylic acids is 4. The number of hydrogen-bond donors (Lipinski definition) is 3. The molecule has 200 valence electrons. The van der Waals surface area contributed by atoms with Gasteiger partial charge in [-0.15, -0.1) is 0 Å². The molecule has 4 amide bonds. The van der Waals surface area contributed by atoms with Crippen molar-refractivity contribution in [1.82, 2.24) is 10.2 Å². The maximum absolute atomic E-state index is 13.7. The Balaban J connectivity index is 2.46. The summed E-state index contributed by atoms with van der Waals surface area (Å²) in [5, 5.41) is 5.48. The minimum absolute atomic E-state index is 0.0450. The van der Waals surface area contributed by atoms with Crippen LogP contribution < -0.4 is 16.4 Å². The summed E-state index contributed by atoms with van der Waals surface area (Å²) in [6.07, 6.45) is -0.989. The molecule has 0 aliphatic rings. The number of alkyl carbamates (subject to hydrolysis) is 1. The van der Waals surface area contributed by atoms with E-state index in [2.05, 4.69) is 10.6 Å². The lowest BCUT2D eigenvalue weighted by Crippen LogP contribution is -2.51. The predicted molar refractivity (Wildman–Crippen MR) is 143 cm³/mol. The quantitative estimate of drug-likeness (QED) is 0.471. The second-order valence-corrected chi connectivity index (χ2v) is 10.2. The van der Waals surface area contributed by atoms with E-state index in [4.69, 9.17) is 10.5 Å². The number of nitrogens with one attached hydrogen (secondary N) is 2. The van der Waals surface area contributed by atoms with Gasteiger partial charge < -0.3 is 26.0 Å². The van der Waals surface area contributed by atoms with Crippen molar-refractivity contribution >= 4 is 29.5 Å². The summed E-state index contributed by atoms with van der Waals surface area (Å²) in [7, 11) is 1.50. The van der Waals surface area contributed by atoms with E-state index in [-0.39, 0.29) is 12.8 Å². The Labute approximate surface area is 218 Å². The predicted octanol–water partition coefficient (Wildman–Crippen LogP) is 3.91. The molecule has 2 rings (SSSR count). The highest BCUT2D eigenvalue weighted by Crippen LogP contribution is 2.28. The zero-order valence-corrected chi connectivity index (χ0v) is 22.7. The Hall–Kier alpha value is -3.88. The second-order valence-electron chi connectivity index (χ2n) is 10.2. The van der Waals surface area contributed by atoms with Crippen LogP contribution >= 0.6 is 0 Å². The fourth-order valence-electron chi connectivity index (χ4n) is 3.86. The SMILES string of the molecule is Cc1ccc(C)c(C(C(=O)Nc2ccccc2C)N(C)C(=O)C(CCC(N)=O)NC(=O)OC(C)(C)C)c1. The van der Waals surface area contributed by atoms with Gasteiger partial charge in [0.05, 0.1) is 0 Å². The lowest BCUT2D eigenvalue weighted by Gasteiger charge is -2.32. The summed E-state index contributed by atoms with van der Waals surface area (Å²) < 4.78 is 5.31. The van der Waals surface area contributed by atoms with E-state index in [9.17, 15) is 19.2 Å². The van der Waals surface area contributed by atoms with Crippen molar-refractivity contribution in [2.45, 2.75) is 72.1 Å². The number of benzene rings is 2. The minimum Gasteiger partial charge on any atom is -0.444 e. The van der Waals surface area contributed by atoms with E-state index < -0.39 is 41.5 Å². The van der Waals surface area contributed by atoms with Gasteiger partial charge in [-0.25, -0.2) is 4.79 Å². The normalized spacial score (nSPS) is 12.7. The average Bonchev–Trinajstić information content (AvgIpc) is 2.78. The molecule has 0 saturated carbocycles. The molecular formula is C28H38N4O5. The van der Waals surface area contributed by atoms with Crippen molar-refractivity contribution in [3.05, 3.63) is 64.7 Å². The van der Waals surface area contributed by atoms with Crippen molar-refractivity contribution in [3.8, 4) is 0 Å². The first-order valence-corrected chi connectivity index (χ1v) is 12.2. The number of amides is 4.